The van der Waals surface area contributed by atoms with Gasteiger partial charge in [0.15, 0.2) is 0 Å². The van der Waals surface area contributed by atoms with Crippen LogP contribution in [0.1, 0.15) is 32.1 Å². The van der Waals surface area contributed by atoms with E-state index in [9.17, 15) is 4.79 Å². The van der Waals surface area contributed by atoms with Crippen LogP contribution >= 0.6 is 0 Å². The summed E-state index contributed by atoms with van der Waals surface area (Å²) in [4.78, 5) is 11.7. The van der Waals surface area contributed by atoms with Crippen LogP contribution in [-0.2, 0) is 4.79 Å². The molecular formula is C12H14O. The van der Waals surface area contributed by atoms with Gasteiger partial charge < -0.3 is 0 Å². The first-order chi connectivity index (χ1) is 6.33. The summed E-state index contributed by atoms with van der Waals surface area (Å²) in [6.45, 7) is 0. The third-order valence-electron chi connectivity index (χ3n) is 5.25. The Bertz CT molecular complexity index is 341. The fourth-order valence-corrected chi connectivity index (χ4v) is 4.86. The highest BCUT2D eigenvalue weighted by Gasteiger charge is 2.70. The van der Waals surface area contributed by atoms with E-state index in [-0.39, 0.29) is 0 Å². The maximum atomic E-state index is 11.7. The molecule has 4 aliphatic rings. The lowest BCUT2D eigenvalue weighted by Crippen LogP contribution is -2.47. The Morgan fingerprint density at radius 1 is 1.38 bits per heavy atom. The highest BCUT2D eigenvalue weighted by molar-refractivity contribution is 5.88. The summed E-state index contributed by atoms with van der Waals surface area (Å²) in [5.74, 6) is 2.71. The van der Waals surface area contributed by atoms with Crippen LogP contribution in [0.3, 0.4) is 0 Å². The van der Waals surface area contributed by atoms with Crippen LogP contribution in [0.4, 0.5) is 0 Å². The van der Waals surface area contributed by atoms with Crippen LogP contribution in [0.25, 0.3) is 0 Å². The van der Waals surface area contributed by atoms with E-state index in [2.05, 4.69) is 6.08 Å². The largest absolute Gasteiger partial charge is 0.299 e. The number of hydrogen-bond donors (Lipinski definition) is 0. The molecule has 0 aromatic carbocycles. The van der Waals surface area contributed by atoms with Crippen LogP contribution in [0.15, 0.2) is 11.6 Å². The molecule has 0 amide bonds. The monoisotopic (exact) mass is 174 g/mol. The van der Waals surface area contributed by atoms with E-state index in [1.54, 1.807) is 5.57 Å². The van der Waals surface area contributed by atoms with Gasteiger partial charge in [0, 0.05) is 17.8 Å². The van der Waals surface area contributed by atoms with Gasteiger partial charge in [-0.3, -0.25) is 4.79 Å². The molecule has 3 fully saturated rings. The van der Waals surface area contributed by atoms with Crippen molar-refractivity contribution in [1.29, 1.82) is 0 Å². The summed E-state index contributed by atoms with van der Waals surface area (Å²) >= 11 is 0. The van der Waals surface area contributed by atoms with Gasteiger partial charge in [-0.2, -0.15) is 0 Å². The second kappa shape index (κ2) is 1.77. The molecule has 4 atom stereocenters. The number of rotatable bonds is 0. The molecular weight excluding hydrogens is 160 g/mol. The maximum Gasteiger partial charge on any atom is 0.137 e. The predicted molar refractivity (Wildman–Crippen MR) is 49.1 cm³/mol. The van der Waals surface area contributed by atoms with Gasteiger partial charge in [-0.15, -0.1) is 0 Å². The topological polar surface area (TPSA) is 17.1 Å². The average molecular weight is 174 g/mol. The average Bonchev–Trinajstić information content (AvgIpc) is 2.59. The van der Waals surface area contributed by atoms with Gasteiger partial charge in [-0.25, -0.2) is 0 Å². The van der Waals surface area contributed by atoms with Crippen molar-refractivity contribution in [2.75, 3.05) is 0 Å². The minimum atomic E-state index is 0.455. The Hall–Kier alpha value is -0.590. The van der Waals surface area contributed by atoms with Gasteiger partial charge in [0.25, 0.3) is 0 Å². The van der Waals surface area contributed by atoms with E-state index in [1.807, 2.05) is 0 Å². The van der Waals surface area contributed by atoms with Crippen LogP contribution in [0, 0.1) is 23.2 Å². The summed E-state index contributed by atoms with van der Waals surface area (Å²) in [6, 6.07) is 0. The quantitative estimate of drug-likeness (QED) is 0.515. The van der Waals surface area contributed by atoms with Crippen molar-refractivity contribution in [3.63, 3.8) is 0 Å². The SMILES string of the molecule is O=C1C[C@@H]2CCC3=CC[C@@H]4C[C@@H]1C342. The molecule has 1 nitrogen and oxygen atoms in total. The maximum absolute atomic E-state index is 11.7. The number of allylic oxidation sites excluding steroid dienone is 2. The number of Topliss-reactive ketones (excluding diaryl/α,β-unsaturated/α-hetero) is 1. The number of hydrogen-bond acceptors (Lipinski definition) is 1. The van der Waals surface area contributed by atoms with E-state index in [0.29, 0.717) is 17.1 Å². The van der Waals surface area contributed by atoms with Gasteiger partial charge in [0.05, 0.1) is 0 Å². The normalized spacial score (nSPS) is 55.8. The van der Waals surface area contributed by atoms with Crippen molar-refractivity contribution in [3.05, 3.63) is 11.6 Å². The lowest BCUT2D eigenvalue weighted by molar-refractivity contribution is -0.128. The Balaban J connectivity index is 1.94. The summed E-state index contributed by atoms with van der Waals surface area (Å²) in [5.41, 5.74) is 2.14. The summed E-state index contributed by atoms with van der Waals surface area (Å²) in [5, 5.41) is 0. The van der Waals surface area contributed by atoms with Crippen LogP contribution < -0.4 is 0 Å². The van der Waals surface area contributed by atoms with E-state index in [1.165, 1.54) is 25.7 Å². The van der Waals surface area contributed by atoms with Gasteiger partial charge >= 0.3 is 0 Å². The first-order valence-electron chi connectivity index (χ1n) is 5.55. The highest BCUT2D eigenvalue weighted by Crippen LogP contribution is 2.74. The fraction of sp³-hybridized carbons (Fsp3) is 0.750. The molecule has 0 heterocycles. The first kappa shape index (κ1) is 6.80. The van der Waals surface area contributed by atoms with E-state index in [0.717, 1.165) is 18.3 Å². The van der Waals surface area contributed by atoms with Gasteiger partial charge in [0.2, 0.25) is 0 Å². The minimum Gasteiger partial charge on any atom is -0.299 e. The first-order valence-corrected chi connectivity index (χ1v) is 5.55. The molecule has 1 heteroatoms. The Kier molecular flexibility index (Phi) is 0.928. The third-order valence-corrected chi connectivity index (χ3v) is 5.25. The molecule has 4 aliphatic carbocycles. The molecule has 0 bridgehead atoms. The summed E-state index contributed by atoms with van der Waals surface area (Å²) < 4.78 is 0. The zero-order valence-corrected chi connectivity index (χ0v) is 7.75. The Morgan fingerprint density at radius 3 is 3.23 bits per heavy atom. The highest BCUT2D eigenvalue weighted by atomic mass is 16.1. The van der Waals surface area contributed by atoms with Crippen molar-refractivity contribution in [2.24, 2.45) is 23.2 Å². The number of carbonyl (C=O) groups is 1. The van der Waals surface area contributed by atoms with Gasteiger partial charge in [-0.1, -0.05) is 11.6 Å². The lowest BCUT2D eigenvalue weighted by Gasteiger charge is -2.50. The second-order valence-corrected chi connectivity index (χ2v) is 5.29. The molecule has 0 aromatic heterocycles. The van der Waals surface area contributed by atoms with Crippen molar-refractivity contribution in [1.82, 2.24) is 0 Å². The zero-order valence-electron chi connectivity index (χ0n) is 7.75. The van der Waals surface area contributed by atoms with Crippen molar-refractivity contribution in [2.45, 2.75) is 32.1 Å². The van der Waals surface area contributed by atoms with Crippen molar-refractivity contribution < 1.29 is 4.79 Å². The fourth-order valence-electron chi connectivity index (χ4n) is 4.86. The molecule has 0 saturated heterocycles. The number of ketones is 1. The predicted octanol–water partition coefficient (Wildman–Crippen LogP) is 2.32. The molecule has 3 saturated carbocycles. The molecule has 0 aromatic rings. The molecule has 0 N–H and O–H groups in total. The van der Waals surface area contributed by atoms with Crippen LogP contribution in [-0.4, -0.2) is 5.78 Å². The third kappa shape index (κ3) is 0.490. The minimum absolute atomic E-state index is 0.455. The molecule has 1 spiro atoms. The standard InChI is InChI=1S/C12H14O/c13-11-6-9-4-2-7-1-3-8-5-10(11)12(7,8)9/h1,8-10H,2-6H2/t8-,9+,10+,12?/m1/s1. The smallest absolute Gasteiger partial charge is 0.137 e. The Morgan fingerprint density at radius 2 is 2.31 bits per heavy atom. The van der Waals surface area contributed by atoms with Crippen LogP contribution in [0.5, 0.6) is 0 Å². The molecule has 0 aliphatic heterocycles. The zero-order chi connectivity index (χ0) is 8.63. The van der Waals surface area contributed by atoms with E-state index < -0.39 is 0 Å². The molecule has 4 rings (SSSR count). The van der Waals surface area contributed by atoms with Gasteiger partial charge in [0.1, 0.15) is 5.78 Å². The lowest BCUT2D eigenvalue weighted by atomic mass is 9.52. The molecule has 0 radical (unpaired) electrons. The van der Waals surface area contributed by atoms with Crippen LogP contribution in [0.2, 0.25) is 0 Å². The van der Waals surface area contributed by atoms with Gasteiger partial charge in [-0.05, 0) is 37.5 Å². The molecule has 1 unspecified atom stereocenters. The van der Waals surface area contributed by atoms with E-state index in [4.69, 9.17) is 0 Å². The second-order valence-electron chi connectivity index (χ2n) is 5.29. The molecule has 13 heavy (non-hydrogen) atoms. The summed E-state index contributed by atoms with van der Waals surface area (Å²) in [6.07, 6.45) is 8.50. The van der Waals surface area contributed by atoms with Crippen molar-refractivity contribution in [3.8, 4) is 0 Å². The Labute approximate surface area is 78.2 Å². The van der Waals surface area contributed by atoms with Crippen molar-refractivity contribution >= 4 is 5.78 Å². The summed E-state index contributed by atoms with van der Waals surface area (Å²) in [7, 11) is 0. The van der Waals surface area contributed by atoms with E-state index >= 15 is 0 Å². The number of carbonyl (C=O) groups excluding carboxylic acids is 1. The molecule has 68 valence electrons.